The van der Waals surface area contributed by atoms with E-state index in [1.54, 1.807) is 6.20 Å². The van der Waals surface area contributed by atoms with Crippen LogP contribution in [0.15, 0.2) is 12.4 Å². The number of rotatable bonds is 2. The van der Waals surface area contributed by atoms with Gasteiger partial charge in [0.1, 0.15) is 5.60 Å². The summed E-state index contributed by atoms with van der Waals surface area (Å²) >= 11 is 0. The molecule has 4 heteroatoms. The average Bonchev–Trinajstić information content (AvgIpc) is 2.73. The van der Waals surface area contributed by atoms with Crippen LogP contribution in [0.3, 0.4) is 0 Å². The molecule has 1 aliphatic heterocycles. The summed E-state index contributed by atoms with van der Waals surface area (Å²) in [5.74, 6) is 0. The van der Waals surface area contributed by atoms with Crippen LogP contribution < -0.4 is 0 Å². The number of hydrogen-bond donors (Lipinski definition) is 1. The van der Waals surface area contributed by atoms with Gasteiger partial charge in [-0.05, 0) is 27.3 Å². The molecular weight excluding hydrogens is 190 g/mol. The van der Waals surface area contributed by atoms with Crippen LogP contribution in [0.1, 0.15) is 25.8 Å². The molecule has 1 aliphatic rings. The lowest BCUT2D eigenvalue weighted by Crippen LogP contribution is -2.29. The minimum Gasteiger partial charge on any atom is -0.384 e. The van der Waals surface area contributed by atoms with Gasteiger partial charge in [0, 0.05) is 30.9 Å². The molecule has 0 aliphatic carbocycles. The first kappa shape index (κ1) is 10.6. The quantitative estimate of drug-likeness (QED) is 0.784. The van der Waals surface area contributed by atoms with Crippen molar-refractivity contribution < 1.29 is 5.11 Å². The highest BCUT2D eigenvalue weighted by Gasteiger charge is 2.41. The zero-order valence-corrected chi connectivity index (χ0v) is 9.64. The molecule has 0 aromatic carbocycles. The van der Waals surface area contributed by atoms with Gasteiger partial charge in [0.25, 0.3) is 0 Å². The molecule has 1 aromatic rings. The summed E-state index contributed by atoms with van der Waals surface area (Å²) in [5, 5.41) is 14.7. The average molecular weight is 209 g/mol. The maximum absolute atomic E-state index is 10.5. The van der Waals surface area contributed by atoms with E-state index in [2.05, 4.69) is 16.9 Å². The number of β-amino-alcohol motifs (C(OH)–C–C–N with tert-alkyl or cyclic N) is 1. The summed E-state index contributed by atoms with van der Waals surface area (Å²) in [6.07, 6.45) is 4.53. The maximum Gasteiger partial charge on any atom is 0.107 e. The standard InChI is InChI=1S/C11H19N3O/c1-4-14-7-10(6-12-14)11(15)5-9(2)13(3)8-11/h6-7,9,15H,4-5,8H2,1-3H3. The van der Waals surface area contributed by atoms with E-state index >= 15 is 0 Å². The Hall–Kier alpha value is -0.870. The van der Waals surface area contributed by atoms with Crippen LogP contribution in [0.5, 0.6) is 0 Å². The van der Waals surface area contributed by atoms with Crippen molar-refractivity contribution in [1.29, 1.82) is 0 Å². The minimum absolute atomic E-state index is 0.431. The molecule has 84 valence electrons. The van der Waals surface area contributed by atoms with Crippen molar-refractivity contribution in [3.63, 3.8) is 0 Å². The van der Waals surface area contributed by atoms with E-state index in [9.17, 15) is 5.11 Å². The second-order valence-electron chi connectivity index (χ2n) is 4.58. The van der Waals surface area contributed by atoms with Gasteiger partial charge in [-0.2, -0.15) is 5.10 Å². The van der Waals surface area contributed by atoms with E-state index < -0.39 is 5.60 Å². The first-order chi connectivity index (χ1) is 7.05. The summed E-state index contributed by atoms with van der Waals surface area (Å²) in [5.41, 5.74) is 0.238. The van der Waals surface area contributed by atoms with E-state index in [1.807, 2.05) is 24.9 Å². The summed E-state index contributed by atoms with van der Waals surface area (Å²) < 4.78 is 1.86. The molecule has 2 heterocycles. The second-order valence-corrected chi connectivity index (χ2v) is 4.58. The monoisotopic (exact) mass is 209 g/mol. The van der Waals surface area contributed by atoms with Crippen molar-refractivity contribution in [1.82, 2.24) is 14.7 Å². The number of nitrogens with zero attached hydrogens (tertiary/aromatic N) is 3. The molecule has 4 nitrogen and oxygen atoms in total. The summed E-state index contributed by atoms with van der Waals surface area (Å²) in [7, 11) is 2.05. The molecule has 1 aromatic heterocycles. The number of hydrogen-bond acceptors (Lipinski definition) is 3. The van der Waals surface area contributed by atoms with Gasteiger partial charge in [-0.25, -0.2) is 0 Å². The van der Waals surface area contributed by atoms with Crippen LogP contribution in [-0.4, -0.2) is 39.4 Å². The van der Waals surface area contributed by atoms with Crippen LogP contribution in [0.4, 0.5) is 0 Å². The molecule has 0 radical (unpaired) electrons. The third-order valence-electron chi connectivity index (χ3n) is 3.39. The smallest absolute Gasteiger partial charge is 0.107 e. The topological polar surface area (TPSA) is 41.3 Å². The molecule has 1 N–H and O–H groups in total. The molecule has 1 saturated heterocycles. The van der Waals surface area contributed by atoms with Crippen molar-refractivity contribution in [2.24, 2.45) is 0 Å². The van der Waals surface area contributed by atoms with Gasteiger partial charge in [-0.15, -0.1) is 0 Å². The van der Waals surface area contributed by atoms with Crippen LogP contribution in [-0.2, 0) is 12.1 Å². The SMILES string of the molecule is CCn1cc(C2(O)CC(C)N(C)C2)cn1. The third-order valence-corrected chi connectivity index (χ3v) is 3.39. The third kappa shape index (κ3) is 1.79. The Morgan fingerprint density at radius 2 is 2.40 bits per heavy atom. The van der Waals surface area contributed by atoms with Gasteiger partial charge in [0.15, 0.2) is 0 Å². The van der Waals surface area contributed by atoms with Gasteiger partial charge in [-0.1, -0.05) is 0 Å². The van der Waals surface area contributed by atoms with Crippen LogP contribution in [0, 0.1) is 0 Å². The second kappa shape index (κ2) is 3.61. The molecule has 2 unspecified atom stereocenters. The number of aryl methyl sites for hydroxylation is 1. The largest absolute Gasteiger partial charge is 0.384 e. The highest BCUT2D eigenvalue weighted by molar-refractivity contribution is 5.19. The predicted octanol–water partition coefficient (Wildman–Crippen LogP) is 0.815. The minimum atomic E-state index is -0.707. The lowest BCUT2D eigenvalue weighted by Gasteiger charge is -2.20. The fraction of sp³-hybridized carbons (Fsp3) is 0.727. The number of likely N-dealkylation sites (tertiary alicyclic amines) is 1. The van der Waals surface area contributed by atoms with Crippen molar-refractivity contribution in [3.05, 3.63) is 18.0 Å². The summed E-state index contributed by atoms with van der Waals surface area (Å²) in [4.78, 5) is 2.18. The zero-order valence-electron chi connectivity index (χ0n) is 9.64. The first-order valence-corrected chi connectivity index (χ1v) is 5.51. The van der Waals surface area contributed by atoms with Gasteiger partial charge in [0.2, 0.25) is 0 Å². The molecule has 0 spiro atoms. The Bertz CT molecular complexity index is 337. The maximum atomic E-state index is 10.5. The van der Waals surface area contributed by atoms with E-state index in [0.717, 1.165) is 18.5 Å². The molecular formula is C11H19N3O. The molecule has 0 amide bonds. The normalized spacial score (nSPS) is 32.4. The molecule has 2 rings (SSSR count). The van der Waals surface area contributed by atoms with Crippen molar-refractivity contribution in [3.8, 4) is 0 Å². The van der Waals surface area contributed by atoms with Crippen LogP contribution >= 0.6 is 0 Å². The lowest BCUT2D eigenvalue weighted by molar-refractivity contribution is 0.0485. The first-order valence-electron chi connectivity index (χ1n) is 5.51. The number of aromatic nitrogens is 2. The molecule has 1 fully saturated rings. The fourth-order valence-corrected chi connectivity index (χ4v) is 2.26. The number of aliphatic hydroxyl groups is 1. The Balaban J connectivity index is 2.23. The van der Waals surface area contributed by atoms with Crippen LogP contribution in [0.25, 0.3) is 0 Å². The highest BCUT2D eigenvalue weighted by Crippen LogP contribution is 2.34. The fourth-order valence-electron chi connectivity index (χ4n) is 2.26. The Morgan fingerprint density at radius 3 is 2.87 bits per heavy atom. The molecule has 0 saturated carbocycles. The Kier molecular flexibility index (Phi) is 2.56. The Labute approximate surface area is 90.5 Å². The Morgan fingerprint density at radius 1 is 1.67 bits per heavy atom. The lowest BCUT2D eigenvalue weighted by atomic mass is 9.94. The van der Waals surface area contributed by atoms with Gasteiger partial charge in [0.05, 0.1) is 6.20 Å². The van der Waals surface area contributed by atoms with E-state index in [0.29, 0.717) is 12.6 Å². The van der Waals surface area contributed by atoms with E-state index in [-0.39, 0.29) is 0 Å². The molecule has 15 heavy (non-hydrogen) atoms. The number of likely N-dealkylation sites (N-methyl/N-ethyl adjacent to an activating group) is 1. The van der Waals surface area contributed by atoms with Crippen molar-refractivity contribution in [2.45, 2.75) is 38.5 Å². The van der Waals surface area contributed by atoms with E-state index in [4.69, 9.17) is 0 Å². The van der Waals surface area contributed by atoms with Crippen molar-refractivity contribution in [2.75, 3.05) is 13.6 Å². The highest BCUT2D eigenvalue weighted by atomic mass is 16.3. The summed E-state index contributed by atoms with van der Waals surface area (Å²) in [6, 6.07) is 0.431. The van der Waals surface area contributed by atoms with Crippen LogP contribution in [0.2, 0.25) is 0 Å². The van der Waals surface area contributed by atoms with Gasteiger partial charge < -0.3 is 10.0 Å². The van der Waals surface area contributed by atoms with E-state index in [1.165, 1.54) is 0 Å². The van der Waals surface area contributed by atoms with Gasteiger partial charge in [-0.3, -0.25) is 4.68 Å². The zero-order chi connectivity index (χ0) is 11.1. The molecule has 2 atom stereocenters. The van der Waals surface area contributed by atoms with Crippen molar-refractivity contribution >= 4 is 0 Å². The predicted molar refractivity (Wildman–Crippen MR) is 58.5 cm³/mol. The molecule has 0 bridgehead atoms. The summed E-state index contributed by atoms with van der Waals surface area (Å²) in [6.45, 7) is 5.73. The van der Waals surface area contributed by atoms with Gasteiger partial charge >= 0.3 is 0 Å².